The molecule has 31 heavy (non-hydrogen) atoms. The number of rotatable bonds is 7. The second-order valence-corrected chi connectivity index (χ2v) is 14.5. The second kappa shape index (κ2) is 8.22. The molecule has 1 aliphatic carbocycles. The van der Waals surface area contributed by atoms with Crippen LogP contribution in [0.2, 0.25) is 18.1 Å². The number of fused-ring (bicyclic) bond motifs is 3. The number of nitrogens with two attached hydrogens (primary N) is 1. The maximum atomic E-state index is 12.9. The highest BCUT2D eigenvalue weighted by molar-refractivity contribution is 6.74. The third-order valence-corrected chi connectivity index (χ3v) is 11.0. The van der Waals surface area contributed by atoms with Crippen molar-refractivity contribution in [3.8, 4) is 11.1 Å². The van der Waals surface area contributed by atoms with E-state index in [1.54, 1.807) is 0 Å². The predicted molar refractivity (Wildman–Crippen MR) is 122 cm³/mol. The number of carbonyl (C=O) groups is 2. The van der Waals surface area contributed by atoms with Gasteiger partial charge in [0.2, 0.25) is 5.54 Å². The molecule has 0 saturated heterocycles. The summed E-state index contributed by atoms with van der Waals surface area (Å²) >= 11 is 0. The van der Waals surface area contributed by atoms with Gasteiger partial charge in [-0.15, -0.1) is 0 Å². The first-order valence-electron chi connectivity index (χ1n) is 10.4. The summed E-state index contributed by atoms with van der Waals surface area (Å²) in [6.07, 6.45) is 0. The Morgan fingerprint density at radius 1 is 1.00 bits per heavy atom. The van der Waals surface area contributed by atoms with Crippen molar-refractivity contribution in [1.82, 2.24) is 0 Å². The summed E-state index contributed by atoms with van der Waals surface area (Å²) in [6, 6.07) is 15.9. The average molecular weight is 442 g/mol. The van der Waals surface area contributed by atoms with E-state index in [0.717, 1.165) is 22.3 Å². The standard InChI is InChI=1S/C24H31NO5Si/c1-23(2,3)31(4,5)30-15-24(25,21(26)27)22(28)29-14-20-18-12-8-6-10-16(18)17-11-7-9-13-19(17)20/h6-13,20H,14-15,25H2,1-5H3,(H,26,27)/t24-/m0/s1. The fraction of sp³-hybridized carbons (Fsp3) is 0.417. The Kier molecular flexibility index (Phi) is 6.15. The van der Waals surface area contributed by atoms with Gasteiger partial charge in [-0.25, -0.2) is 9.59 Å². The molecular formula is C24H31NO5Si. The van der Waals surface area contributed by atoms with Gasteiger partial charge in [-0.05, 0) is 40.4 Å². The fourth-order valence-corrected chi connectivity index (χ4v) is 4.47. The molecule has 0 amide bonds. The largest absolute Gasteiger partial charge is 0.479 e. The Labute approximate surface area is 184 Å². The molecule has 0 saturated carbocycles. The number of ether oxygens (including phenoxy) is 1. The number of benzene rings is 2. The molecule has 2 aromatic carbocycles. The molecule has 0 aliphatic heterocycles. The minimum absolute atomic E-state index is 0.0131. The van der Waals surface area contributed by atoms with Crippen LogP contribution in [0.3, 0.4) is 0 Å². The van der Waals surface area contributed by atoms with Crippen LogP contribution in [0.5, 0.6) is 0 Å². The third-order valence-electron chi connectivity index (χ3n) is 6.56. The second-order valence-electron chi connectivity index (χ2n) is 9.65. The quantitative estimate of drug-likeness (QED) is 0.380. The van der Waals surface area contributed by atoms with Crippen LogP contribution in [0.15, 0.2) is 48.5 Å². The lowest BCUT2D eigenvalue weighted by Gasteiger charge is -2.38. The van der Waals surface area contributed by atoms with Crippen LogP contribution in [0.1, 0.15) is 37.8 Å². The van der Waals surface area contributed by atoms with E-state index < -0.39 is 32.4 Å². The highest BCUT2D eigenvalue weighted by Gasteiger charge is 2.48. The van der Waals surface area contributed by atoms with Crippen molar-refractivity contribution in [1.29, 1.82) is 0 Å². The van der Waals surface area contributed by atoms with Crippen LogP contribution in [-0.2, 0) is 18.8 Å². The van der Waals surface area contributed by atoms with Gasteiger partial charge in [-0.2, -0.15) is 0 Å². The predicted octanol–water partition coefficient (Wildman–Crippen LogP) is 4.15. The number of aliphatic carboxylic acids is 1. The van der Waals surface area contributed by atoms with Gasteiger partial charge in [-0.3, -0.25) is 0 Å². The molecule has 3 N–H and O–H groups in total. The van der Waals surface area contributed by atoms with E-state index in [1.807, 2.05) is 82.4 Å². The summed E-state index contributed by atoms with van der Waals surface area (Å²) in [7, 11) is -2.30. The van der Waals surface area contributed by atoms with Crippen molar-refractivity contribution in [2.75, 3.05) is 13.2 Å². The minimum Gasteiger partial charge on any atom is -0.479 e. The molecule has 0 heterocycles. The monoisotopic (exact) mass is 441 g/mol. The van der Waals surface area contributed by atoms with Gasteiger partial charge in [0, 0.05) is 5.92 Å². The SMILES string of the molecule is CC(C)(C)[Si](C)(C)OC[C@](N)(C(=O)O)C(=O)OCC1c2ccccc2-c2ccccc21. The molecule has 6 nitrogen and oxygen atoms in total. The smallest absolute Gasteiger partial charge is 0.340 e. The van der Waals surface area contributed by atoms with Gasteiger partial charge in [0.15, 0.2) is 8.32 Å². The molecule has 0 fully saturated rings. The molecule has 0 unspecified atom stereocenters. The first-order chi connectivity index (χ1) is 14.4. The lowest BCUT2D eigenvalue weighted by atomic mass is 9.97. The molecule has 166 valence electrons. The van der Waals surface area contributed by atoms with Crippen molar-refractivity contribution < 1.29 is 23.9 Å². The van der Waals surface area contributed by atoms with Gasteiger partial charge in [-0.1, -0.05) is 69.3 Å². The van der Waals surface area contributed by atoms with Crippen LogP contribution >= 0.6 is 0 Å². The Morgan fingerprint density at radius 2 is 1.48 bits per heavy atom. The number of esters is 1. The summed E-state index contributed by atoms with van der Waals surface area (Å²) < 4.78 is 11.5. The summed E-state index contributed by atoms with van der Waals surface area (Å²) in [6.45, 7) is 9.65. The molecule has 3 rings (SSSR count). The maximum Gasteiger partial charge on any atom is 0.340 e. The lowest BCUT2D eigenvalue weighted by Crippen LogP contribution is -2.61. The third kappa shape index (κ3) is 4.30. The maximum absolute atomic E-state index is 12.9. The van der Waals surface area contributed by atoms with Gasteiger partial charge >= 0.3 is 11.9 Å². The van der Waals surface area contributed by atoms with Gasteiger partial charge in [0.25, 0.3) is 0 Å². The molecular weight excluding hydrogens is 410 g/mol. The van der Waals surface area contributed by atoms with Crippen LogP contribution in [0, 0.1) is 0 Å². The number of carbonyl (C=O) groups excluding carboxylic acids is 1. The van der Waals surface area contributed by atoms with Crippen molar-refractivity contribution in [2.45, 2.75) is 50.4 Å². The van der Waals surface area contributed by atoms with E-state index in [2.05, 4.69) is 0 Å². The highest BCUT2D eigenvalue weighted by atomic mass is 28.4. The average Bonchev–Trinajstić information content (AvgIpc) is 3.03. The zero-order valence-corrected chi connectivity index (χ0v) is 19.8. The van der Waals surface area contributed by atoms with E-state index in [-0.39, 0.29) is 17.6 Å². The van der Waals surface area contributed by atoms with Crippen molar-refractivity contribution in [3.63, 3.8) is 0 Å². The van der Waals surface area contributed by atoms with E-state index >= 15 is 0 Å². The van der Waals surface area contributed by atoms with E-state index in [9.17, 15) is 14.7 Å². The normalized spacial score (nSPS) is 15.7. The molecule has 1 atom stereocenters. The Morgan fingerprint density at radius 3 is 1.94 bits per heavy atom. The Hall–Kier alpha value is -2.48. The molecule has 1 aliphatic rings. The van der Waals surface area contributed by atoms with Crippen molar-refractivity contribution in [2.24, 2.45) is 5.73 Å². The zero-order valence-electron chi connectivity index (χ0n) is 18.8. The lowest BCUT2D eigenvalue weighted by molar-refractivity contribution is -0.163. The first-order valence-corrected chi connectivity index (χ1v) is 13.3. The molecule has 0 aromatic heterocycles. The Balaban J connectivity index is 1.77. The van der Waals surface area contributed by atoms with Gasteiger partial charge in [0.1, 0.15) is 6.61 Å². The molecule has 7 heteroatoms. The van der Waals surface area contributed by atoms with Crippen LogP contribution in [0.4, 0.5) is 0 Å². The molecule has 0 bridgehead atoms. The van der Waals surface area contributed by atoms with Crippen molar-refractivity contribution >= 4 is 20.3 Å². The zero-order chi connectivity index (χ0) is 23.0. The summed E-state index contributed by atoms with van der Waals surface area (Å²) in [4.78, 5) is 24.8. The number of carboxylic acids is 1. The van der Waals surface area contributed by atoms with E-state index in [0.29, 0.717) is 0 Å². The topological polar surface area (TPSA) is 98.9 Å². The highest BCUT2D eigenvalue weighted by Crippen LogP contribution is 2.44. The molecule has 2 aromatic rings. The Bertz CT molecular complexity index is 952. The number of hydrogen-bond acceptors (Lipinski definition) is 5. The number of hydrogen-bond donors (Lipinski definition) is 2. The summed E-state index contributed by atoms with van der Waals surface area (Å²) in [5.41, 5.74) is 8.06. The van der Waals surface area contributed by atoms with E-state index in [1.165, 1.54) is 0 Å². The summed E-state index contributed by atoms with van der Waals surface area (Å²) in [5, 5.41) is 9.57. The van der Waals surface area contributed by atoms with E-state index in [4.69, 9.17) is 14.9 Å². The first kappa shape index (κ1) is 23.2. The van der Waals surface area contributed by atoms with Gasteiger partial charge < -0.3 is 20.0 Å². The molecule has 0 radical (unpaired) electrons. The van der Waals surface area contributed by atoms with Crippen LogP contribution in [-0.4, -0.2) is 44.1 Å². The number of carboxylic acid groups (broad SMARTS) is 1. The molecule has 0 spiro atoms. The van der Waals surface area contributed by atoms with Crippen LogP contribution < -0.4 is 5.73 Å². The van der Waals surface area contributed by atoms with Gasteiger partial charge in [0.05, 0.1) is 6.61 Å². The van der Waals surface area contributed by atoms with Crippen LogP contribution in [0.25, 0.3) is 11.1 Å². The van der Waals surface area contributed by atoms with Crippen molar-refractivity contribution in [3.05, 3.63) is 59.7 Å². The fourth-order valence-electron chi connectivity index (χ4n) is 3.45. The minimum atomic E-state index is -2.30. The summed E-state index contributed by atoms with van der Waals surface area (Å²) in [5.74, 6) is -2.61.